The summed E-state index contributed by atoms with van der Waals surface area (Å²) in [6, 6.07) is -0.510. The molecule has 100 valence electrons. The van der Waals surface area contributed by atoms with Gasteiger partial charge in [-0.2, -0.15) is 4.89 Å². The Hall–Kier alpha value is -1.07. The predicted molar refractivity (Wildman–Crippen MR) is 66.9 cm³/mol. The summed E-state index contributed by atoms with van der Waals surface area (Å²) in [5.74, 6) is 0.524. The van der Waals surface area contributed by atoms with E-state index in [0.29, 0.717) is 12.3 Å². The fraction of sp³-hybridized carbons (Fsp3) is 0.750. The van der Waals surface area contributed by atoms with E-state index in [1.165, 1.54) is 7.11 Å². The lowest BCUT2D eigenvalue weighted by molar-refractivity contribution is -0.236. The van der Waals surface area contributed by atoms with Crippen molar-refractivity contribution >= 4 is 5.91 Å². The molecule has 0 aliphatic heterocycles. The third kappa shape index (κ3) is 5.70. The Bertz CT molecular complexity index is 282. The number of allylic oxidation sites excluding steroid dienone is 1. The summed E-state index contributed by atoms with van der Waals surface area (Å²) in [5, 5.41) is 0. The van der Waals surface area contributed by atoms with Crippen LogP contribution >= 0.6 is 0 Å². The average Bonchev–Trinajstić information content (AvgIpc) is 2.23. The molecule has 0 bridgehead atoms. The van der Waals surface area contributed by atoms with Gasteiger partial charge in [-0.1, -0.05) is 20.8 Å². The molecule has 0 aromatic heterocycles. The quantitative estimate of drug-likeness (QED) is 0.450. The Kier molecular flexibility index (Phi) is 6.20. The van der Waals surface area contributed by atoms with E-state index in [1.54, 1.807) is 24.9 Å². The van der Waals surface area contributed by atoms with Crippen LogP contribution in [0.15, 0.2) is 11.8 Å². The van der Waals surface area contributed by atoms with E-state index in [2.05, 4.69) is 4.89 Å². The zero-order valence-corrected chi connectivity index (χ0v) is 11.6. The molecule has 1 unspecified atom stereocenters. The van der Waals surface area contributed by atoms with Crippen LogP contribution in [0.4, 0.5) is 0 Å². The summed E-state index contributed by atoms with van der Waals surface area (Å²) < 4.78 is 0. The van der Waals surface area contributed by atoms with Crippen molar-refractivity contribution < 1.29 is 14.6 Å². The molecule has 17 heavy (non-hydrogen) atoms. The average molecular weight is 244 g/mol. The van der Waals surface area contributed by atoms with E-state index >= 15 is 0 Å². The van der Waals surface area contributed by atoms with Crippen molar-refractivity contribution in [3.63, 3.8) is 0 Å². The smallest absolute Gasteiger partial charge is 0.240 e. The summed E-state index contributed by atoms with van der Waals surface area (Å²) in [6.45, 7) is 8.03. The molecule has 2 N–H and O–H groups in total. The largest absolute Gasteiger partial charge is 0.343 e. The lowest BCUT2D eigenvalue weighted by Gasteiger charge is -2.29. The van der Waals surface area contributed by atoms with Gasteiger partial charge in [0.2, 0.25) is 5.91 Å². The first kappa shape index (κ1) is 15.9. The fourth-order valence-electron chi connectivity index (χ4n) is 1.13. The maximum atomic E-state index is 12.0. The van der Waals surface area contributed by atoms with Gasteiger partial charge < -0.3 is 15.5 Å². The number of amides is 1. The van der Waals surface area contributed by atoms with Gasteiger partial charge in [0.15, 0.2) is 0 Å². The van der Waals surface area contributed by atoms with E-state index in [4.69, 9.17) is 10.6 Å². The Labute approximate surface area is 103 Å². The fourth-order valence-corrected chi connectivity index (χ4v) is 1.13. The Balaban J connectivity index is 4.38. The molecular formula is C12H24N2O3. The molecule has 0 saturated heterocycles. The van der Waals surface area contributed by atoms with Crippen LogP contribution in [0.2, 0.25) is 0 Å². The van der Waals surface area contributed by atoms with Crippen LogP contribution in [0.5, 0.6) is 0 Å². The van der Waals surface area contributed by atoms with E-state index < -0.39 is 6.04 Å². The normalized spacial score (nSPS) is 14.4. The minimum absolute atomic E-state index is 0.0843. The van der Waals surface area contributed by atoms with Crippen LogP contribution in [-0.4, -0.2) is 37.6 Å². The minimum atomic E-state index is -0.510. The maximum absolute atomic E-state index is 12.0. The monoisotopic (exact) mass is 244 g/mol. The molecule has 0 rings (SSSR count). The highest BCUT2D eigenvalue weighted by Gasteiger charge is 2.29. The lowest BCUT2D eigenvalue weighted by Crippen LogP contribution is -2.49. The molecule has 1 atom stereocenters. The molecule has 0 aromatic carbocycles. The van der Waals surface area contributed by atoms with Crippen molar-refractivity contribution in [3.8, 4) is 0 Å². The summed E-state index contributed by atoms with van der Waals surface area (Å²) in [5.41, 5.74) is 5.65. The molecule has 0 aromatic rings. The minimum Gasteiger partial charge on any atom is -0.343 e. The van der Waals surface area contributed by atoms with Gasteiger partial charge in [0.25, 0.3) is 0 Å². The number of carbonyl (C=O) groups excluding carboxylic acids is 1. The molecule has 5 heteroatoms. The number of hydrogen-bond acceptors (Lipinski definition) is 4. The summed E-state index contributed by atoms with van der Waals surface area (Å²) in [7, 11) is 3.15. The highest BCUT2D eigenvalue weighted by atomic mass is 17.2. The first-order chi connectivity index (χ1) is 7.70. The molecule has 0 heterocycles. The number of nitrogens with zero attached hydrogens (tertiary/aromatic N) is 1. The molecule has 0 saturated carbocycles. The zero-order valence-electron chi connectivity index (χ0n) is 11.6. The van der Waals surface area contributed by atoms with Crippen LogP contribution in [0.1, 0.15) is 27.7 Å². The van der Waals surface area contributed by atoms with Crippen LogP contribution < -0.4 is 5.73 Å². The van der Waals surface area contributed by atoms with Crippen LogP contribution in [-0.2, 0) is 14.6 Å². The van der Waals surface area contributed by atoms with Gasteiger partial charge in [-0.3, -0.25) is 4.79 Å². The first-order valence-corrected chi connectivity index (χ1v) is 5.58. The second-order valence-corrected chi connectivity index (χ2v) is 5.13. The summed E-state index contributed by atoms with van der Waals surface area (Å²) in [4.78, 5) is 22.8. The molecule has 0 aliphatic rings. The van der Waals surface area contributed by atoms with Crippen molar-refractivity contribution in [2.24, 2.45) is 11.1 Å². The number of nitrogens with two attached hydrogens (primary N) is 1. The molecule has 0 aliphatic carbocycles. The van der Waals surface area contributed by atoms with Crippen molar-refractivity contribution in [1.82, 2.24) is 4.90 Å². The van der Waals surface area contributed by atoms with Crippen LogP contribution in [0.3, 0.4) is 0 Å². The van der Waals surface area contributed by atoms with Gasteiger partial charge in [-0.15, -0.1) is 0 Å². The van der Waals surface area contributed by atoms with Gasteiger partial charge in [-0.05, 0) is 18.4 Å². The first-order valence-electron chi connectivity index (χ1n) is 5.58. The van der Waals surface area contributed by atoms with E-state index in [0.717, 1.165) is 0 Å². The van der Waals surface area contributed by atoms with Crippen LogP contribution in [0.25, 0.3) is 0 Å². The van der Waals surface area contributed by atoms with Crippen molar-refractivity contribution in [1.29, 1.82) is 0 Å². The molecule has 0 fully saturated rings. The highest BCUT2D eigenvalue weighted by Crippen LogP contribution is 2.18. The third-order valence-corrected chi connectivity index (χ3v) is 2.44. The third-order valence-electron chi connectivity index (χ3n) is 2.44. The van der Waals surface area contributed by atoms with Gasteiger partial charge in [0.05, 0.1) is 13.2 Å². The standard InChI is InChI=1S/C12H24N2O3/c1-9(17-16-6)7-8-14(5)11(15)10(13)12(2,3)4/h7,10H,8,13H2,1-6H3/b9-7+. The van der Waals surface area contributed by atoms with Crippen LogP contribution in [0, 0.1) is 5.41 Å². The van der Waals surface area contributed by atoms with Crippen molar-refractivity contribution in [2.45, 2.75) is 33.7 Å². The predicted octanol–water partition coefficient (Wildman–Crippen LogP) is 1.30. The molecule has 5 nitrogen and oxygen atoms in total. The maximum Gasteiger partial charge on any atom is 0.240 e. The number of carbonyl (C=O) groups is 1. The number of hydrogen-bond donors (Lipinski definition) is 1. The number of rotatable bonds is 5. The second-order valence-electron chi connectivity index (χ2n) is 5.13. The summed E-state index contributed by atoms with van der Waals surface area (Å²) >= 11 is 0. The molecule has 0 radical (unpaired) electrons. The van der Waals surface area contributed by atoms with E-state index in [9.17, 15) is 4.79 Å². The van der Waals surface area contributed by atoms with Crippen molar-refractivity contribution in [3.05, 3.63) is 11.8 Å². The van der Waals surface area contributed by atoms with Gasteiger partial charge in [0.1, 0.15) is 5.76 Å². The van der Waals surface area contributed by atoms with E-state index in [-0.39, 0.29) is 11.3 Å². The Morgan fingerprint density at radius 1 is 1.47 bits per heavy atom. The Morgan fingerprint density at radius 3 is 2.41 bits per heavy atom. The lowest BCUT2D eigenvalue weighted by atomic mass is 9.86. The van der Waals surface area contributed by atoms with Gasteiger partial charge in [-0.25, -0.2) is 0 Å². The topological polar surface area (TPSA) is 64.8 Å². The summed E-state index contributed by atoms with van der Waals surface area (Å²) in [6.07, 6.45) is 1.76. The molecular weight excluding hydrogens is 220 g/mol. The second kappa shape index (κ2) is 6.61. The highest BCUT2D eigenvalue weighted by molar-refractivity contribution is 5.82. The van der Waals surface area contributed by atoms with Gasteiger partial charge in [0, 0.05) is 13.6 Å². The number of likely N-dealkylation sites (N-methyl/N-ethyl adjacent to an activating group) is 1. The molecule has 0 spiro atoms. The van der Waals surface area contributed by atoms with E-state index in [1.807, 2.05) is 20.8 Å². The molecule has 1 amide bonds. The van der Waals surface area contributed by atoms with Crippen molar-refractivity contribution in [2.75, 3.05) is 20.7 Å². The zero-order chi connectivity index (χ0) is 13.6. The van der Waals surface area contributed by atoms with Gasteiger partial charge >= 0.3 is 0 Å². The Morgan fingerprint density at radius 2 is 2.00 bits per heavy atom. The SMILES string of the molecule is COO/C(C)=C/CN(C)C(=O)C(N)C(C)(C)C.